The smallest absolute Gasteiger partial charge is 0.271 e. The zero-order chi connectivity index (χ0) is 15.2. The molecule has 0 aliphatic rings. The van der Waals surface area contributed by atoms with Crippen LogP contribution in [0.2, 0.25) is 0 Å². The number of aryl methyl sites for hydroxylation is 1. The molecule has 0 unspecified atom stereocenters. The van der Waals surface area contributed by atoms with Crippen LogP contribution in [0.5, 0.6) is 0 Å². The molecule has 5 nitrogen and oxygen atoms in total. The van der Waals surface area contributed by atoms with Crippen LogP contribution >= 0.6 is 12.2 Å². The number of thiocarbonyl (C=S) groups is 1. The summed E-state index contributed by atoms with van der Waals surface area (Å²) < 4.78 is 0. The molecule has 0 spiro atoms. The van der Waals surface area contributed by atoms with Crippen molar-refractivity contribution in [1.29, 1.82) is 0 Å². The molecule has 2 N–H and O–H groups in total. The van der Waals surface area contributed by atoms with Gasteiger partial charge in [-0.25, -0.2) is 0 Å². The molecule has 0 saturated heterocycles. The fraction of sp³-hybridized carbons (Fsp3) is 0.133. The highest BCUT2D eigenvalue weighted by molar-refractivity contribution is 7.80. The van der Waals surface area contributed by atoms with Gasteiger partial charge in [0.15, 0.2) is 5.11 Å². The first-order chi connectivity index (χ1) is 10.1. The number of anilines is 2. The van der Waals surface area contributed by atoms with E-state index in [0.717, 1.165) is 17.7 Å². The van der Waals surface area contributed by atoms with E-state index in [9.17, 15) is 10.1 Å². The van der Waals surface area contributed by atoms with Crippen molar-refractivity contribution < 1.29 is 4.92 Å². The Balaban J connectivity index is 2.08. The van der Waals surface area contributed by atoms with E-state index in [1.807, 2.05) is 24.3 Å². The second-order valence-electron chi connectivity index (χ2n) is 4.40. The Morgan fingerprint density at radius 2 is 1.95 bits per heavy atom. The highest BCUT2D eigenvalue weighted by atomic mass is 32.1. The molecule has 2 rings (SSSR count). The number of nitrogens with one attached hydrogen (secondary N) is 2. The fourth-order valence-corrected chi connectivity index (χ4v) is 2.16. The van der Waals surface area contributed by atoms with Gasteiger partial charge in [0.05, 0.1) is 4.92 Å². The van der Waals surface area contributed by atoms with Crippen LogP contribution in [0, 0.1) is 10.1 Å². The molecule has 0 radical (unpaired) electrons. The Kier molecular flexibility index (Phi) is 4.84. The van der Waals surface area contributed by atoms with E-state index in [1.165, 1.54) is 12.1 Å². The maximum absolute atomic E-state index is 10.7. The first-order valence-electron chi connectivity index (χ1n) is 6.50. The topological polar surface area (TPSA) is 67.2 Å². The average Bonchev–Trinajstić information content (AvgIpc) is 2.48. The van der Waals surface area contributed by atoms with Crippen molar-refractivity contribution in [3.8, 4) is 0 Å². The van der Waals surface area contributed by atoms with Crippen molar-refractivity contribution in [2.45, 2.75) is 13.3 Å². The first kappa shape index (κ1) is 14.9. The van der Waals surface area contributed by atoms with Crippen LogP contribution in [0.15, 0.2) is 48.5 Å². The summed E-state index contributed by atoms with van der Waals surface area (Å²) in [6.07, 6.45) is 0.891. The number of nitro benzene ring substituents is 1. The Morgan fingerprint density at radius 3 is 2.67 bits per heavy atom. The number of nitro groups is 1. The summed E-state index contributed by atoms with van der Waals surface area (Å²) in [6, 6.07) is 14.1. The minimum atomic E-state index is -0.436. The summed E-state index contributed by atoms with van der Waals surface area (Å²) >= 11 is 5.24. The van der Waals surface area contributed by atoms with Crippen molar-refractivity contribution >= 4 is 34.4 Å². The predicted molar refractivity (Wildman–Crippen MR) is 88.8 cm³/mol. The van der Waals surface area contributed by atoms with Gasteiger partial charge in [0.2, 0.25) is 0 Å². The van der Waals surface area contributed by atoms with Crippen molar-refractivity contribution in [3.63, 3.8) is 0 Å². The van der Waals surface area contributed by atoms with Gasteiger partial charge in [0.25, 0.3) is 5.69 Å². The lowest BCUT2D eigenvalue weighted by Crippen LogP contribution is -2.19. The Morgan fingerprint density at radius 1 is 1.19 bits per heavy atom. The molecule has 0 atom stereocenters. The van der Waals surface area contributed by atoms with E-state index in [1.54, 1.807) is 12.1 Å². The van der Waals surface area contributed by atoms with E-state index in [4.69, 9.17) is 12.2 Å². The highest BCUT2D eigenvalue weighted by Crippen LogP contribution is 2.19. The van der Waals surface area contributed by atoms with Crippen molar-refractivity contribution in [2.24, 2.45) is 0 Å². The van der Waals surface area contributed by atoms with Crippen LogP contribution in [0.4, 0.5) is 17.1 Å². The maximum atomic E-state index is 10.7. The third kappa shape index (κ3) is 4.00. The normalized spacial score (nSPS) is 9.95. The molecule has 0 saturated carbocycles. The Hall–Kier alpha value is -2.47. The molecule has 0 amide bonds. The summed E-state index contributed by atoms with van der Waals surface area (Å²) in [4.78, 5) is 10.3. The minimum Gasteiger partial charge on any atom is -0.332 e. The van der Waals surface area contributed by atoms with Crippen molar-refractivity contribution in [2.75, 3.05) is 10.6 Å². The lowest BCUT2D eigenvalue weighted by Gasteiger charge is -2.13. The van der Waals surface area contributed by atoms with Gasteiger partial charge in [-0.15, -0.1) is 0 Å². The van der Waals surface area contributed by atoms with Gasteiger partial charge in [-0.05, 0) is 36.3 Å². The second-order valence-corrected chi connectivity index (χ2v) is 4.81. The third-order valence-corrected chi connectivity index (χ3v) is 3.17. The first-order valence-corrected chi connectivity index (χ1v) is 6.91. The quantitative estimate of drug-likeness (QED) is 0.508. The largest absolute Gasteiger partial charge is 0.332 e. The number of benzene rings is 2. The molecule has 0 aromatic heterocycles. The van der Waals surface area contributed by atoms with Crippen molar-refractivity contribution in [3.05, 3.63) is 64.2 Å². The van der Waals surface area contributed by atoms with Crippen LogP contribution in [0.1, 0.15) is 12.5 Å². The molecule has 2 aromatic rings. The molecule has 0 aliphatic carbocycles. The summed E-state index contributed by atoms with van der Waals surface area (Å²) in [5.41, 5.74) is 2.69. The number of hydrogen-bond donors (Lipinski definition) is 2. The van der Waals surface area contributed by atoms with Crippen LogP contribution in [0.25, 0.3) is 0 Å². The second kappa shape index (κ2) is 6.81. The molecule has 0 heterocycles. The van der Waals surface area contributed by atoms with Gasteiger partial charge in [0.1, 0.15) is 0 Å². The standard InChI is InChI=1S/C15H15N3O2S/c1-2-11-6-3-4-9-14(11)17-15(21)16-12-7-5-8-13(10-12)18(19)20/h3-10H,2H2,1H3,(H2,16,17,21). The molecule has 0 aliphatic heterocycles. The summed E-state index contributed by atoms with van der Waals surface area (Å²) in [6.45, 7) is 2.07. The lowest BCUT2D eigenvalue weighted by atomic mass is 10.1. The number of rotatable bonds is 4. The molecule has 0 fully saturated rings. The minimum absolute atomic E-state index is 0.0248. The molecular formula is C15H15N3O2S. The zero-order valence-corrected chi connectivity index (χ0v) is 12.3. The van der Waals surface area contributed by atoms with Gasteiger partial charge in [-0.2, -0.15) is 0 Å². The monoisotopic (exact) mass is 301 g/mol. The van der Waals surface area contributed by atoms with Crippen LogP contribution in [-0.2, 0) is 6.42 Å². The van der Waals surface area contributed by atoms with Gasteiger partial charge < -0.3 is 10.6 Å². The predicted octanol–water partition coefficient (Wildman–Crippen LogP) is 3.97. The molecule has 108 valence electrons. The fourth-order valence-electron chi connectivity index (χ4n) is 1.93. The van der Waals surface area contributed by atoms with Crippen LogP contribution < -0.4 is 10.6 Å². The van der Waals surface area contributed by atoms with E-state index in [-0.39, 0.29) is 5.69 Å². The number of non-ortho nitro benzene ring substituents is 1. The van der Waals surface area contributed by atoms with Gasteiger partial charge in [-0.3, -0.25) is 10.1 Å². The maximum Gasteiger partial charge on any atom is 0.271 e. The molecule has 2 aromatic carbocycles. The van der Waals surface area contributed by atoms with Gasteiger partial charge >= 0.3 is 0 Å². The van der Waals surface area contributed by atoms with Crippen molar-refractivity contribution in [1.82, 2.24) is 0 Å². The summed E-state index contributed by atoms with van der Waals surface area (Å²) in [5, 5.41) is 17.2. The van der Waals surface area contributed by atoms with Gasteiger partial charge in [-0.1, -0.05) is 31.2 Å². The van der Waals surface area contributed by atoms with E-state index < -0.39 is 4.92 Å². The molecule has 6 heteroatoms. The van der Waals surface area contributed by atoms with E-state index in [2.05, 4.69) is 17.6 Å². The lowest BCUT2D eigenvalue weighted by molar-refractivity contribution is -0.384. The Labute approximate surface area is 128 Å². The molecule has 21 heavy (non-hydrogen) atoms. The Bertz CT molecular complexity index is 673. The number of para-hydroxylation sites is 1. The van der Waals surface area contributed by atoms with E-state index in [0.29, 0.717) is 10.8 Å². The van der Waals surface area contributed by atoms with Crippen LogP contribution in [0.3, 0.4) is 0 Å². The molecular weight excluding hydrogens is 286 g/mol. The van der Waals surface area contributed by atoms with Gasteiger partial charge in [0, 0.05) is 23.5 Å². The average molecular weight is 301 g/mol. The van der Waals surface area contributed by atoms with Crippen LogP contribution in [-0.4, -0.2) is 10.0 Å². The molecule has 0 bridgehead atoms. The van der Waals surface area contributed by atoms with E-state index >= 15 is 0 Å². The highest BCUT2D eigenvalue weighted by Gasteiger charge is 2.07. The number of nitrogens with zero attached hydrogens (tertiary/aromatic N) is 1. The third-order valence-electron chi connectivity index (χ3n) is 2.96. The number of hydrogen-bond acceptors (Lipinski definition) is 3. The zero-order valence-electron chi connectivity index (χ0n) is 11.5. The summed E-state index contributed by atoms with van der Waals surface area (Å²) in [7, 11) is 0. The SMILES string of the molecule is CCc1ccccc1NC(=S)Nc1cccc([N+](=O)[O-])c1. The summed E-state index contributed by atoms with van der Waals surface area (Å²) in [5.74, 6) is 0.